The number of likely N-dealkylation sites (tertiary alicyclic amines) is 1. The number of anilines is 2. The Labute approximate surface area is 208 Å². The van der Waals surface area contributed by atoms with Gasteiger partial charge in [-0.1, -0.05) is 6.08 Å². The molecule has 4 heterocycles. The first-order chi connectivity index (χ1) is 17.3. The molecule has 1 atom stereocenters. The van der Waals surface area contributed by atoms with Gasteiger partial charge in [-0.05, 0) is 41.8 Å². The van der Waals surface area contributed by atoms with E-state index in [-0.39, 0.29) is 24.8 Å². The van der Waals surface area contributed by atoms with Gasteiger partial charge < -0.3 is 15.6 Å². The Morgan fingerprint density at radius 1 is 1.22 bits per heavy atom. The fourth-order valence-corrected chi connectivity index (χ4v) is 4.59. The van der Waals surface area contributed by atoms with Crippen molar-refractivity contribution >= 4 is 28.7 Å². The standard InChI is InChI=1S/C26H29F2N7O/c1-34(2)23-6-4-20(15-30-23)31-25(36)24-21-12-18(3-5-22(21)32-33-24)19-11-17(13-29-14-19)16-35-9-7-26(27,28)8-10-35/h3-4,6,11-15,22,32H,5,7-10,16H2,1-2H3,(H,31,36). The lowest BCUT2D eigenvalue weighted by Crippen LogP contribution is -2.38. The number of aromatic nitrogens is 2. The summed E-state index contributed by atoms with van der Waals surface area (Å²) in [7, 11) is 3.81. The third kappa shape index (κ3) is 5.28. The number of pyridine rings is 2. The summed E-state index contributed by atoms with van der Waals surface area (Å²) in [6.07, 6.45) is 9.74. The lowest BCUT2D eigenvalue weighted by molar-refractivity contribution is -0.110. The van der Waals surface area contributed by atoms with Crippen LogP contribution >= 0.6 is 0 Å². The van der Waals surface area contributed by atoms with Crippen LogP contribution < -0.4 is 15.6 Å². The van der Waals surface area contributed by atoms with E-state index in [4.69, 9.17) is 0 Å². The monoisotopic (exact) mass is 493 g/mol. The Kier molecular flexibility index (Phi) is 6.53. The number of alkyl halides is 2. The molecule has 1 amide bonds. The highest BCUT2D eigenvalue weighted by Gasteiger charge is 2.34. The van der Waals surface area contributed by atoms with Gasteiger partial charge in [-0.3, -0.25) is 14.7 Å². The molecule has 2 aromatic heterocycles. The fourth-order valence-electron chi connectivity index (χ4n) is 4.59. The summed E-state index contributed by atoms with van der Waals surface area (Å²) < 4.78 is 27.0. The van der Waals surface area contributed by atoms with E-state index >= 15 is 0 Å². The van der Waals surface area contributed by atoms with E-state index < -0.39 is 5.92 Å². The van der Waals surface area contributed by atoms with Gasteiger partial charge in [-0.25, -0.2) is 13.8 Å². The molecule has 188 valence electrons. The van der Waals surface area contributed by atoms with Gasteiger partial charge in [0.2, 0.25) is 0 Å². The molecular weight excluding hydrogens is 464 g/mol. The lowest BCUT2D eigenvalue weighted by Gasteiger charge is -2.31. The average Bonchev–Trinajstić information content (AvgIpc) is 3.29. The molecule has 0 bridgehead atoms. The quantitative estimate of drug-likeness (QED) is 0.641. The number of hydrogen-bond acceptors (Lipinski definition) is 7. The molecule has 0 spiro atoms. The van der Waals surface area contributed by atoms with Crippen molar-refractivity contribution in [2.24, 2.45) is 5.10 Å². The molecule has 2 N–H and O–H groups in total. The van der Waals surface area contributed by atoms with Gasteiger partial charge in [-0.2, -0.15) is 5.10 Å². The van der Waals surface area contributed by atoms with Crippen molar-refractivity contribution in [1.82, 2.24) is 20.3 Å². The Balaban J connectivity index is 1.28. The first-order valence-corrected chi connectivity index (χ1v) is 12.0. The fraction of sp³-hybridized carbons (Fsp3) is 0.385. The topological polar surface area (TPSA) is 85.8 Å². The van der Waals surface area contributed by atoms with Gasteiger partial charge >= 0.3 is 0 Å². The zero-order chi connectivity index (χ0) is 25.3. The van der Waals surface area contributed by atoms with E-state index in [1.54, 1.807) is 18.6 Å². The number of piperidine rings is 1. The van der Waals surface area contributed by atoms with Crippen molar-refractivity contribution in [3.05, 3.63) is 65.6 Å². The largest absolute Gasteiger partial charge is 0.363 e. The molecule has 1 fully saturated rings. The third-order valence-corrected chi connectivity index (χ3v) is 6.67. The number of halogens is 2. The third-order valence-electron chi connectivity index (χ3n) is 6.67. The number of allylic oxidation sites excluding steroid dienone is 2. The van der Waals surface area contributed by atoms with Crippen molar-refractivity contribution in [3.8, 4) is 0 Å². The highest BCUT2D eigenvalue weighted by atomic mass is 19.3. The Morgan fingerprint density at radius 2 is 2.03 bits per heavy atom. The summed E-state index contributed by atoms with van der Waals surface area (Å²) in [5, 5.41) is 7.17. The molecular formula is C26H29F2N7O. The molecule has 1 saturated heterocycles. The summed E-state index contributed by atoms with van der Waals surface area (Å²) in [5.41, 5.74) is 7.68. The highest BCUT2D eigenvalue weighted by molar-refractivity contribution is 6.49. The lowest BCUT2D eigenvalue weighted by atomic mass is 9.89. The van der Waals surface area contributed by atoms with Gasteiger partial charge in [0.15, 0.2) is 5.71 Å². The summed E-state index contributed by atoms with van der Waals surface area (Å²) in [6, 6.07) is 5.63. The molecule has 5 rings (SSSR count). The predicted octanol–water partition coefficient (Wildman–Crippen LogP) is 3.45. The minimum atomic E-state index is -2.56. The van der Waals surface area contributed by atoms with Crippen LogP contribution in [0.1, 0.15) is 30.4 Å². The maximum Gasteiger partial charge on any atom is 0.276 e. The first kappa shape index (κ1) is 24.1. The van der Waals surface area contributed by atoms with Crippen molar-refractivity contribution < 1.29 is 13.6 Å². The minimum Gasteiger partial charge on any atom is -0.363 e. The number of hydrazone groups is 1. The minimum absolute atomic E-state index is 0.0603. The summed E-state index contributed by atoms with van der Waals surface area (Å²) in [4.78, 5) is 25.6. The summed E-state index contributed by atoms with van der Waals surface area (Å²) in [6.45, 7) is 1.33. The van der Waals surface area contributed by atoms with E-state index in [1.165, 1.54) is 0 Å². The van der Waals surface area contributed by atoms with Crippen molar-refractivity contribution in [2.75, 3.05) is 37.4 Å². The normalized spacial score (nSPS) is 21.0. The van der Waals surface area contributed by atoms with E-state index in [9.17, 15) is 13.6 Å². The van der Waals surface area contributed by atoms with E-state index in [2.05, 4.69) is 31.9 Å². The Bertz CT molecular complexity index is 1230. The van der Waals surface area contributed by atoms with Gasteiger partial charge in [0, 0.05) is 70.1 Å². The van der Waals surface area contributed by atoms with E-state index in [0.29, 0.717) is 37.5 Å². The van der Waals surface area contributed by atoms with Crippen LogP contribution in [0.15, 0.2) is 59.6 Å². The molecule has 0 saturated carbocycles. The second-order valence-electron chi connectivity index (χ2n) is 9.60. The van der Waals surface area contributed by atoms with Crippen LogP contribution in [-0.2, 0) is 11.3 Å². The van der Waals surface area contributed by atoms with Crippen molar-refractivity contribution in [2.45, 2.75) is 37.8 Å². The molecule has 0 radical (unpaired) electrons. The molecule has 2 aliphatic heterocycles. The van der Waals surface area contributed by atoms with Crippen LogP contribution in [0, 0.1) is 0 Å². The van der Waals surface area contributed by atoms with E-state index in [0.717, 1.165) is 28.1 Å². The number of nitrogens with one attached hydrogen (secondary N) is 2. The molecule has 3 aliphatic rings. The summed E-state index contributed by atoms with van der Waals surface area (Å²) in [5.74, 6) is -2.06. The molecule has 36 heavy (non-hydrogen) atoms. The molecule has 8 nitrogen and oxygen atoms in total. The zero-order valence-electron chi connectivity index (χ0n) is 20.3. The number of rotatable bonds is 6. The van der Waals surface area contributed by atoms with Crippen LogP contribution in [-0.4, -0.2) is 65.6 Å². The zero-order valence-corrected chi connectivity index (χ0v) is 20.3. The molecule has 1 aliphatic carbocycles. The number of fused-ring (bicyclic) bond motifs is 1. The molecule has 0 aromatic carbocycles. The van der Waals surface area contributed by atoms with Crippen LogP contribution in [0.4, 0.5) is 20.3 Å². The Hall–Kier alpha value is -3.66. The molecule has 2 aromatic rings. The summed E-state index contributed by atoms with van der Waals surface area (Å²) >= 11 is 0. The maximum atomic E-state index is 13.5. The first-order valence-electron chi connectivity index (χ1n) is 12.0. The molecule has 1 unspecified atom stereocenters. The predicted molar refractivity (Wildman–Crippen MR) is 136 cm³/mol. The number of amides is 1. The maximum absolute atomic E-state index is 13.5. The molecule has 10 heteroatoms. The van der Waals surface area contributed by atoms with Gasteiger partial charge in [0.1, 0.15) is 5.82 Å². The average molecular weight is 494 g/mol. The van der Waals surface area contributed by atoms with Crippen molar-refractivity contribution in [1.29, 1.82) is 0 Å². The second-order valence-corrected chi connectivity index (χ2v) is 9.60. The van der Waals surface area contributed by atoms with E-state index in [1.807, 2.05) is 48.2 Å². The van der Waals surface area contributed by atoms with Crippen molar-refractivity contribution in [3.63, 3.8) is 0 Å². The second kappa shape index (κ2) is 9.77. The van der Waals surface area contributed by atoms with Gasteiger partial charge in [0.05, 0.1) is 17.9 Å². The smallest absolute Gasteiger partial charge is 0.276 e. The highest BCUT2D eigenvalue weighted by Crippen LogP contribution is 2.31. The number of carbonyl (C=O) groups is 1. The van der Waals surface area contributed by atoms with Gasteiger partial charge in [0.25, 0.3) is 11.8 Å². The Morgan fingerprint density at radius 3 is 2.75 bits per heavy atom. The van der Waals surface area contributed by atoms with Gasteiger partial charge in [-0.15, -0.1) is 0 Å². The number of carbonyl (C=O) groups excluding carboxylic acids is 1. The van der Waals surface area contributed by atoms with Crippen LogP contribution in [0.25, 0.3) is 5.57 Å². The van der Waals surface area contributed by atoms with Crippen LogP contribution in [0.2, 0.25) is 0 Å². The number of hydrogen-bond donors (Lipinski definition) is 2. The van der Waals surface area contributed by atoms with Crippen LogP contribution in [0.3, 0.4) is 0 Å². The number of nitrogens with zero attached hydrogens (tertiary/aromatic N) is 5. The van der Waals surface area contributed by atoms with Crippen LogP contribution in [0.5, 0.6) is 0 Å². The SMILES string of the molecule is CN(C)c1ccc(NC(=O)C2=NNC3CC=C(c4cncc(CN5CCC(F)(F)CC5)c4)C=C23)cn1.